The number of phenols is 1. The van der Waals surface area contributed by atoms with E-state index in [1.165, 1.54) is 11.1 Å². The summed E-state index contributed by atoms with van der Waals surface area (Å²) in [5.41, 5.74) is 8.74. The van der Waals surface area contributed by atoms with Crippen molar-refractivity contribution in [1.29, 1.82) is 0 Å². The van der Waals surface area contributed by atoms with E-state index in [1.807, 2.05) is 17.5 Å². The van der Waals surface area contributed by atoms with Gasteiger partial charge in [0.25, 0.3) is 0 Å². The van der Waals surface area contributed by atoms with Crippen LogP contribution < -0.4 is 5.73 Å². The Kier molecular flexibility index (Phi) is 3.44. The van der Waals surface area contributed by atoms with E-state index < -0.39 is 0 Å². The summed E-state index contributed by atoms with van der Waals surface area (Å²) in [6, 6.07) is 5.63. The highest BCUT2D eigenvalue weighted by molar-refractivity contribution is 7.62. The van der Waals surface area contributed by atoms with Crippen LogP contribution in [0.25, 0.3) is 0 Å². The average Bonchev–Trinajstić information content (AvgIpc) is 2.33. The summed E-state index contributed by atoms with van der Waals surface area (Å²) in [5, 5.41) is 11.6. The monoisotopic (exact) mass is 236 g/mol. The normalized spacial score (nSPS) is 20.8. The molecule has 2 nitrogen and oxygen atoms in total. The second kappa shape index (κ2) is 4.83. The molecule has 1 aliphatic rings. The molecule has 1 aliphatic carbocycles. The van der Waals surface area contributed by atoms with Crippen LogP contribution in [-0.4, -0.2) is 5.11 Å². The quantitative estimate of drug-likeness (QED) is 0.447. The number of hydrogen-bond acceptors (Lipinski definition) is 2. The fourth-order valence-corrected chi connectivity index (χ4v) is 2.57. The fraction of sp³-hybridized carbons (Fsp3) is 0.385. The smallest absolute Gasteiger partial charge is 0.138 e. The average molecular weight is 236 g/mol. The van der Waals surface area contributed by atoms with Gasteiger partial charge < -0.3 is 10.8 Å². The Morgan fingerprint density at radius 1 is 1.31 bits per heavy atom. The van der Waals surface area contributed by atoms with Crippen molar-refractivity contribution in [3.63, 3.8) is 0 Å². The van der Waals surface area contributed by atoms with E-state index in [-0.39, 0.29) is 5.75 Å². The molecule has 86 valence electrons. The molecule has 0 radical (unpaired) electrons. The Labute approximate surface area is 102 Å². The second-order valence-electron chi connectivity index (χ2n) is 4.40. The lowest BCUT2D eigenvalue weighted by molar-refractivity contribution is 0.472. The zero-order chi connectivity index (χ0) is 11.5. The lowest BCUT2D eigenvalue weighted by Gasteiger charge is -2.23. The fourth-order valence-electron chi connectivity index (χ4n) is 2.28. The molecule has 3 heteroatoms. The molecule has 3 N–H and O–H groups in total. The van der Waals surface area contributed by atoms with Crippen LogP contribution in [0.1, 0.15) is 37.2 Å². The van der Waals surface area contributed by atoms with E-state index in [1.54, 1.807) is 6.07 Å². The van der Waals surface area contributed by atoms with E-state index in [0.717, 1.165) is 25.7 Å². The number of rotatable bonds is 1. The molecule has 0 aliphatic heterocycles. The van der Waals surface area contributed by atoms with E-state index in [2.05, 4.69) is 12.6 Å². The highest BCUT2D eigenvalue weighted by Crippen LogP contribution is 2.37. The van der Waals surface area contributed by atoms with Gasteiger partial charge in [-0.05, 0) is 67.5 Å². The van der Waals surface area contributed by atoms with Gasteiger partial charge >= 0.3 is 0 Å². The van der Waals surface area contributed by atoms with E-state index in [4.69, 9.17) is 5.73 Å². The van der Waals surface area contributed by atoms with Gasteiger partial charge in [0, 0.05) is 0 Å². The molecule has 1 aromatic carbocycles. The minimum absolute atomic E-state index is 0.207. The third kappa shape index (κ3) is 2.35. The van der Waals surface area contributed by atoms with E-state index >= 15 is 0 Å². The van der Waals surface area contributed by atoms with Gasteiger partial charge in [-0.1, -0.05) is 6.07 Å². The molecule has 0 atom stereocenters. The van der Waals surface area contributed by atoms with Gasteiger partial charge in [-0.15, -0.1) is 0 Å². The van der Waals surface area contributed by atoms with Gasteiger partial charge in [0.2, 0.25) is 0 Å². The van der Waals surface area contributed by atoms with Crippen LogP contribution >= 0.6 is 0 Å². The first-order chi connectivity index (χ1) is 7.70. The third-order valence-electron chi connectivity index (χ3n) is 3.36. The number of phenolic OH excluding ortho intramolecular Hbond substituents is 1. The number of hydrogen-bond donors (Lipinski definition) is 2. The molecule has 0 spiro atoms. The molecule has 0 bridgehead atoms. The predicted molar refractivity (Wildman–Crippen MR) is 72.0 cm³/mol. The summed E-state index contributed by atoms with van der Waals surface area (Å²) in [7, 11) is 0. The molecule has 1 fully saturated rings. The van der Waals surface area contributed by atoms with Crippen molar-refractivity contribution < 1.29 is 5.11 Å². The number of nitrogen functional groups attached to an aromatic ring is 1. The van der Waals surface area contributed by atoms with Gasteiger partial charge in [0.1, 0.15) is 11.2 Å². The van der Waals surface area contributed by atoms with Crippen LogP contribution in [0.4, 0.5) is 5.69 Å². The van der Waals surface area contributed by atoms with Crippen LogP contribution in [0.15, 0.2) is 29.2 Å². The van der Waals surface area contributed by atoms with Crippen molar-refractivity contribution in [2.24, 2.45) is 0 Å². The molecular weight excluding hydrogens is 218 g/mol. The Balaban J connectivity index is 2.11. The van der Waals surface area contributed by atoms with Crippen molar-refractivity contribution in [2.45, 2.75) is 31.6 Å². The summed E-state index contributed by atoms with van der Waals surface area (Å²) in [6.45, 7) is 0. The summed E-state index contributed by atoms with van der Waals surface area (Å²) in [4.78, 5) is 0. The minimum Gasteiger partial charge on any atom is -0.506 e. The molecule has 2 rings (SSSR count). The first-order valence-electron chi connectivity index (χ1n) is 5.64. The van der Waals surface area contributed by atoms with Crippen LogP contribution in [0.2, 0.25) is 0 Å². The van der Waals surface area contributed by atoms with Gasteiger partial charge in [0.05, 0.1) is 5.69 Å². The SMILES string of the molecule is Nc1ccc(C2CCC(=C[SH2+])CC2)cc1O. The Hall–Kier alpha value is -1.09. The Morgan fingerprint density at radius 3 is 2.56 bits per heavy atom. The Morgan fingerprint density at radius 2 is 2.00 bits per heavy atom. The maximum Gasteiger partial charge on any atom is 0.138 e. The van der Waals surface area contributed by atoms with Gasteiger partial charge in [-0.25, -0.2) is 0 Å². The topological polar surface area (TPSA) is 46.2 Å². The van der Waals surface area contributed by atoms with Gasteiger partial charge in [0.15, 0.2) is 0 Å². The third-order valence-corrected chi connectivity index (χ3v) is 3.77. The molecule has 0 heterocycles. The molecule has 0 unspecified atom stereocenters. The zero-order valence-corrected chi connectivity index (χ0v) is 10.2. The zero-order valence-electron chi connectivity index (χ0n) is 9.24. The molecule has 0 amide bonds. The molecule has 1 aromatic rings. The van der Waals surface area contributed by atoms with E-state index in [9.17, 15) is 5.11 Å². The molecular formula is C13H18NOS+. The second-order valence-corrected chi connectivity index (χ2v) is 4.68. The minimum atomic E-state index is 0.207. The highest BCUT2D eigenvalue weighted by Gasteiger charge is 2.19. The number of nitrogens with two attached hydrogens (primary N) is 1. The maximum absolute atomic E-state index is 9.58. The van der Waals surface area contributed by atoms with Crippen molar-refractivity contribution in [3.05, 3.63) is 34.7 Å². The molecule has 16 heavy (non-hydrogen) atoms. The molecule has 0 aromatic heterocycles. The van der Waals surface area contributed by atoms with Gasteiger partial charge in [-0.2, -0.15) is 0 Å². The molecule has 1 saturated carbocycles. The Bertz CT molecular complexity index is 404. The predicted octanol–water partition coefficient (Wildman–Crippen LogP) is 2.53. The van der Waals surface area contributed by atoms with E-state index in [0.29, 0.717) is 11.6 Å². The van der Waals surface area contributed by atoms with Crippen molar-refractivity contribution in [2.75, 3.05) is 5.73 Å². The van der Waals surface area contributed by atoms with Crippen LogP contribution in [-0.2, 0) is 12.6 Å². The lowest BCUT2D eigenvalue weighted by atomic mass is 9.82. The van der Waals surface area contributed by atoms with Gasteiger partial charge in [-0.3, -0.25) is 0 Å². The van der Waals surface area contributed by atoms with Crippen LogP contribution in [0.3, 0.4) is 0 Å². The summed E-state index contributed by atoms with van der Waals surface area (Å²) in [5.74, 6) is 0.765. The largest absolute Gasteiger partial charge is 0.506 e. The highest BCUT2D eigenvalue weighted by atomic mass is 32.1. The summed E-state index contributed by atoms with van der Waals surface area (Å²) < 4.78 is 0. The first kappa shape index (κ1) is 11.4. The van der Waals surface area contributed by atoms with Crippen LogP contribution in [0, 0.1) is 0 Å². The molecule has 0 saturated heterocycles. The first-order valence-corrected chi connectivity index (χ1v) is 6.22. The van der Waals surface area contributed by atoms with Crippen LogP contribution in [0.5, 0.6) is 5.75 Å². The number of benzene rings is 1. The summed E-state index contributed by atoms with van der Waals surface area (Å²) in [6.07, 6.45) is 4.58. The lowest BCUT2D eigenvalue weighted by Crippen LogP contribution is -2.06. The number of allylic oxidation sites excluding steroid dienone is 1. The van der Waals surface area contributed by atoms with Crippen molar-refractivity contribution >= 4 is 18.3 Å². The standard InChI is InChI=1S/C13H17NOS/c14-12-6-5-11(7-13(12)15)10-3-1-9(8-16)2-4-10/h5-8,10,15-16H,1-4,14H2/p+1. The summed E-state index contributed by atoms with van der Waals surface area (Å²) >= 11 is 3.44. The van der Waals surface area contributed by atoms with Crippen molar-refractivity contribution in [3.8, 4) is 5.75 Å². The number of aromatic hydroxyl groups is 1. The van der Waals surface area contributed by atoms with Crippen molar-refractivity contribution in [1.82, 2.24) is 0 Å². The maximum atomic E-state index is 9.58. The number of anilines is 1.